The smallest absolute Gasteiger partial charge is 0.420 e. The Hall–Kier alpha value is -1.43. The second kappa shape index (κ2) is 3.98. The summed E-state index contributed by atoms with van der Waals surface area (Å²) in [4.78, 5) is 0. The molecule has 0 fully saturated rings. The van der Waals surface area contributed by atoms with Gasteiger partial charge in [0.1, 0.15) is 5.56 Å². The zero-order chi connectivity index (χ0) is 11.6. The number of benzene rings is 1. The molecule has 2 N–H and O–H groups in total. The first kappa shape index (κ1) is 11.6. The average molecular weight is 222 g/mol. The summed E-state index contributed by atoms with van der Waals surface area (Å²) in [5.74, 6) is -1.36. The minimum Gasteiger partial charge on any atom is -0.504 e. The van der Waals surface area contributed by atoms with Gasteiger partial charge in [-0.05, 0) is 6.07 Å². The zero-order valence-electron chi connectivity index (χ0n) is 7.80. The second-order valence-corrected chi connectivity index (χ2v) is 2.81. The number of aliphatic hydroxyl groups is 1. The molecule has 0 aliphatic carbocycles. The van der Waals surface area contributed by atoms with Crippen molar-refractivity contribution < 1.29 is 28.1 Å². The van der Waals surface area contributed by atoms with Gasteiger partial charge in [0, 0.05) is 5.56 Å². The minimum atomic E-state index is -4.60. The Balaban J connectivity index is 3.38. The molecule has 1 aromatic rings. The highest BCUT2D eigenvalue weighted by Gasteiger charge is 2.36. The number of phenols is 1. The number of halogens is 3. The van der Waals surface area contributed by atoms with E-state index in [0.717, 1.165) is 19.2 Å². The summed E-state index contributed by atoms with van der Waals surface area (Å²) in [6.07, 6.45) is -4.60. The van der Waals surface area contributed by atoms with Gasteiger partial charge in [-0.1, -0.05) is 6.07 Å². The van der Waals surface area contributed by atoms with Crippen LogP contribution in [0.4, 0.5) is 13.2 Å². The summed E-state index contributed by atoms with van der Waals surface area (Å²) in [5.41, 5.74) is -1.08. The van der Waals surface area contributed by atoms with Crippen LogP contribution in [0.25, 0.3) is 0 Å². The highest BCUT2D eigenvalue weighted by molar-refractivity contribution is 5.51. The van der Waals surface area contributed by atoms with E-state index in [4.69, 9.17) is 5.11 Å². The van der Waals surface area contributed by atoms with Gasteiger partial charge in [0.2, 0.25) is 0 Å². The largest absolute Gasteiger partial charge is 0.504 e. The number of hydrogen-bond acceptors (Lipinski definition) is 3. The van der Waals surface area contributed by atoms with Crippen LogP contribution in [0, 0.1) is 0 Å². The van der Waals surface area contributed by atoms with Crippen molar-refractivity contribution in [2.75, 3.05) is 7.11 Å². The molecule has 0 amide bonds. The fraction of sp³-hybridized carbons (Fsp3) is 0.333. The molecular formula is C9H9F3O3. The third kappa shape index (κ3) is 2.15. The number of aliphatic hydroxyl groups excluding tert-OH is 1. The van der Waals surface area contributed by atoms with Gasteiger partial charge in [0.05, 0.1) is 13.7 Å². The lowest BCUT2D eigenvalue weighted by Gasteiger charge is -2.14. The maximum absolute atomic E-state index is 12.4. The third-order valence-electron chi connectivity index (χ3n) is 1.89. The van der Waals surface area contributed by atoms with Crippen LogP contribution in [-0.2, 0) is 12.8 Å². The molecule has 84 valence electrons. The van der Waals surface area contributed by atoms with Crippen molar-refractivity contribution in [3.8, 4) is 11.5 Å². The predicted octanol–water partition coefficient (Wildman–Crippen LogP) is 1.91. The second-order valence-electron chi connectivity index (χ2n) is 2.81. The van der Waals surface area contributed by atoms with Crippen LogP contribution in [0.1, 0.15) is 11.1 Å². The van der Waals surface area contributed by atoms with Gasteiger partial charge >= 0.3 is 6.18 Å². The topological polar surface area (TPSA) is 49.7 Å². The van der Waals surface area contributed by atoms with E-state index < -0.39 is 29.8 Å². The first-order valence-corrected chi connectivity index (χ1v) is 3.98. The zero-order valence-corrected chi connectivity index (χ0v) is 7.80. The van der Waals surface area contributed by atoms with Gasteiger partial charge in [0.25, 0.3) is 0 Å². The van der Waals surface area contributed by atoms with E-state index in [9.17, 15) is 18.3 Å². The van der Waals surface area contributed by atoms with Crippen molar-refractivity contribution in [1.82, 2.24) is 0 Å². The molecule has 0 unspecified atom stereocenters. The summed E-state index contributed by atoms with van der Waals surface area (Å²) in [6.45, 7) is -0.555. The van der Waals surface area contributed by atoms with Crippen LogP contribution in [-0.4, -0.2) is 17.3 Å². The first-order chi connectivity index (χ1) is 6.91. The molecule has 0 aliphatic rings. The summed E-state index contributed by atoms with van der Waals surface area (Å²) < 4.78 is 41.7. The molecule has 0 saturated carbocycles. The Morgan fingerprint density at radius 3 is 2.33 bits per heavy atom. The summed E-state index contributed by atoms with van der Waals surface area (Å²) in [6, 6.07) is 1.75. The number of alkyl halides is 3. The van der Waals surface area contributed by atoms with Crippen molar-refractivity contribution in [2.24, 2.45) is 0 Å². The van der Waals surface area contributed by atoms with Crippen LogP contribution in [0.2, 0.25) is 0 Å². The van der Waals surface area contributed by atoms with E-state index >= 15 is 0 Å². The van der Waals surface area contributed by atoms with Crippen molar-refractivity contribution >= 4 is 0 Å². The lowest BCUT2D eigenvalue weighted by molar-refractivity contribution is -0.138. The molecule has 1 aromatic carbocycles. The molecule has 6 heteroatoms. The Kier molecular flexibility index (Phi) is 3.09. The van der Waals surface area contributed by atoms with Crippen LogP contribution in [0.5, 0.6) is 11.5 Å². The molecule has 0 aliphatic heterocycles. The molecule has 3 nitrogen and oxygen atoms in total. The maximum Gasteiger partial charge on any atom is 0.420 e. The van der Waals surface area contributed by atoms with E-state index in [2.05, 4.69) is 4.74 Å². The van der Waals surface area contributed by atoms with Crippen molar-refractivity contribution in [1.29, 1.82) is 0 Å². The molecule has 15 heavy (non-hydrogen) atoms. The SMILES string of the molecule is COc1c(C(F)(F)F)ccc(CO)c1O. The highest BCUT2D eigenvalue weighted by atomic mass is 19.4. The quantitative estimate of drug-likeness (QED) is 0.803. The van der Waals surface area contributed by atoms with Crippen molar-refractivity contribution in [3.05, 3.63) is 23.3 Å². The normalized spacial score (nSPS) is 11.5. The fourth-order valence-corrected chi connectivity index (χ4v) is 1.17. The number of hydrogen-bond donors (Lipinski definition) is 2. The van der Waals surface area contributed by atoms with Crippen LogP contribution in [0.15, 0.2) is 12.1 Å². The molecule has 0 spiro atoms. The van der Waals surface area contributed by atoms with Gasteiger partial charge < -0.3 is 14.9 Å². The van der Waals surface area contributed by atoms with E-state index in [0.29, 0.717) is 0 Å². The van der Waals surface area contributed by atoms with E-state index in [1.807, 2.05) is 0 Å². The predicted molar refractivity (Wildman–Crippen MR) is 45.6 cm³/mol. The van der Waals surface area contributed by atoms with Gasteiger partial charge in [-0.25, -0.2) is 0 Å². The van der Waals surface area contributed by atoms with E-state index in [1.165, 1.54) is 0 Å². The lowest BCUT2D eigenvalue weighted by atomic mass is 10.1. The first-order valence-electron chi connectivity index (χ1n) is 3.98. The molecule has 0 saturated heterocycles. The summed E-state index contributed by atoms with van der Waals surface area (Å²) in [5, 5.41) is 18.1. The van der Waals surface area contributed by atoms with Crippen LogP contribution in [0.3, 0.4) is 0 Å². The summed E-state index contributed by atoms with van der Waals surface area (Å²) in [7, 11) is 1.02. The Labute approximate surface area is 83.7 Å². The van der Waals surface area contributed by atoms with Gasteiger partial charge in [-0.2, -0.15) is 13.2 Å². The third-order valence-corrected chi connectivity index (χ3v) is 1.89. The van der Waals surface area contributed by atoms with E-state index in [-0.39, 0.29) is 5.56 Å². The van der Waals surface area contributed by atoms with Gasteiger partial charge in [-0.15, -0.1) is 0 Å². The Bertz CT molecular complexity index is 360. The van der Waals surface area contributed by atoms with Crippen molar-refractivity contribution in [3.63, 3.8) is 0 Å². The Morgan fingerprint density at radius 2 is 1.93 bits per heavy atom. The number of ether oxygens (including phenoxy) is 1. The fourth-order valence-electron chi connectivity index (χ4n) is 1.17. The molecular weight excluding hydrogens is 213 g/mol. The Morgan fingerprint density at radius 1 is 1.33 bits per heavy atom. The van der Waals surface area contributed by atoms with Gasteiger partial charge in [0.15, 0.2) is 11.5 Å². The molecule has 0 radical (unpaired) electrons. The highest BCUT2D eigenvalue weighted by Crippen LogP contribution is 2.42. The molecule has 0 bridgehead atoms. The molecule has 1 rings (SSSR count). The van der Waals surface area contributed by atoms with Gasteiger partial charge in [-0.3, -0.25) is 0 Å². The number of rotatable bonds is 2. The van der Waals surface area contributed by atoms with E-state index in [1.54, 1.807) is 0 Å². The lowest BCUT2D eigenvalue weighted by Crippen LogP contribution is -2.08. The molecule has 0 heterocycles. The molecule has 0 aromatic heterocycles. The minimum absolute atomic E-state index is 0.0140. The van der Waals surface area contributed by atoms with Crippen LogP contribution < -0.4 is 4.74 Å². The maximum atomic E-state index is 12.4. The standard InChI is InChI=1S/C9H9F3O3/c1-15-8-6(9(10,11)12)3-2-5(4-13)7(8)14/h2-3,13-14H,4H2,1H3. The summed E-state index contributed by atoms with van der Waals surface area (Å²) >= 11 is 0. The van der Waals surface area contributed by atoms with Crippen molar-refractivity contribution in [2.45, 2.75) is 12.8 Å². The molecule has 0 atom stereocenters. The van der Waals surface area contributed by atoms with Crippen LogP contribution >= 0.6 is 0 Å². The number of aromatic hydroxyl groups is 1. The number of methoxy groups -OCH3 is 1. The monoisotopic (exact) mass is 222 g/mol. The average Bonchev–Trinajstić information content (AvgIpc) is 2.15.